The molecule has 2 amide bonds. The third-order valence-corrected chi connectivity index (χ3v) is 8.00. The maximum atomic E-state index is 12.2. The highest BCUT2D eigenvalue weighted by atomic mass is 32.2. The van der Waals surface area contributed by atoms with Crippen LogP contribution in [-0.4, -0.2) is 47.1 Å². The number of rotatable bonds is 10. The van der Waals surface area contributed by atoms with Gasteiger partial charge in [0.25, 0.3) is 0 Å². The number of hydrogen-bond donors (Lipinski definition) is 2. The zero-order valence-electron chi connectivity index (χ0n) is 18.3. The molecule has 5 rings (SSSR count). The van der Waals surface area contributed by atoms with E-state index in [1.807, 2.05) is 0 Å². The fourth-order valence-corrected chi connectivity index (χ4v) is 6.21. The van der Waals surface area contributed by atoms with E-state index >= 15 is 0 Å². The lowest BCUT2D eigenvalue weighted by Crippen LogP contribution is -2.12. The molecule has 2 N–H and O–H groups in total. The van der Waals surface area contributed by atoms with Crippen LogP contribution in [0.3, 0.4) is 0 Å². The number of nitrogens with one attached hydrogen (secondary N) is 2. The van der Waals surface area contributed by atoms with Gasteiger partial charge in [0.1, 0.15) is 0 Å². The van der Waals surface area contributed by atoms with Crippen molar-refractivity contribution in [3.63, 3.8) is 0 Å². The normalized spacial score (nSPS) is 13.0. The first-order valence-electron chi connectivity index (χ1n) is 10.6. The number of hydrogen-bond acceptors (Lipinski definition) is 11. The lowest BCUT2D eigenvalue weighted by atomic mass is 10.2. The molecule has 3 heterocycles. The van der Waals surface area contributed by atoms with Crippen molar-refractivity contribution < 1.29 is 28.5 Å². The van der Waals surface area contributed by atoms with Gasteiger partial charge >= 0.3 is 0 Å². The second kappa shape index (κ2) is 11.1. The Bertz CT molecular complexity index is 1150. The number of carbonyl (C=O) groups is 2. The molecule has 13 heteroatoms. The fourth-order valence-electron chi connectivity index (χ4n) is 3.17. The van der Waals surface area contributed by atoms with Crippen LogP contribution in [0, 0.1) is 0 Å². The molecule has 0 spiro atoms. The van der Waals surface area contributed by atoms with Crippen LogP contribution in [0.4, 0.5) is 11.4 Å². The van der Waals surface area contributed by atoms with Gasteiger partial charge in [-0.2, -0.15) is 0 Å². The van der Waals surface area contributed by atoms with Gasteiger partial charge in [0.15, 0.2) is 31.7 Å². The smallest absolute Gasteiger partial charge is 0.231 e. The summed E-state index contributed by atoms with van der Waals surface area (Å²) in [5.74, 6) is 3.57. The Balaban J connectivity index is 0.990. The summed E-state index contributed by atoms with van der Waals surface area (Å²) in [5.41, 5.74) is 1.34. The Labute approximate surface area is 213 Å². The van der Waals surface area contributed by atoms with Crippen LogP contribution in [0.25, 0.3) is 0 Å². The van der Waals surface area contributed by atoms with Crippen molar-refractivity contribution in [3.05, 3.63) is 36.4 Å². The van der Waals surface area contributed by atoms with Crippen LogP contribution in [0.1, 0.15) is 12.8 Å². The molecule has 1 aromatic heterocycles. The maximum Gasteiger partial charge on any atom is 0.231 e. The molecule has 3 aromatic rings. The number of ether oxygens (including phenoxy) is 4. The fraction of sp³-hybridized carbons (Fsp3) is 0.273. The number of aromatic nitrogens is 2. The molecule has 0 atom stereocenters. The van der Waals surface area contributed by atoms with E-state index < -0.39 is 0 Å². The molecule has 10 nitrogen and oxygen atoms in total. The number of thioether (sulfide) groups is 2. The molecule has 2 aliphatic heterocycles. The summed E-state index contributed by atoms with van der Waals surface area (Å²) in [6.07, 6.45) is 0.669. The first kappa shape index (κ1) is 23.6. The molecule has 0 aliphatic carbocycles. The van der Waals surface area contributed by atoms with Crippen LogP contribution in [-0.2, 0) is 9.59 Å². The predicted octanol–water partition coefficient (Wildman–Crippen LogP) is 4.24. The number of nitrogens with zero attached hydrogens (tertiary/aromatic N) is 2. The minimum Gasteiger partial charge on any atom is -0.454 e. The van der Waals surface area contributed by atoms with Crippen LogP contribution >= 0.6 is 34.9 Å². The van der Waals surface area contributed by atoms with E-state index in [1.165, 1.54) is 34.9 Å². The van der Waals surface area contributed by atoms with E-state index in [2.05, 4.69) is 20.8 Å². The summed E-state index contributed by atoms with van der Waals surface area (Å²) in [6, 6.07) is 10.6. The monoisotopic (exact) mass is 532 g/mol. The number of fused-ring (bicyclic) bond motifs is 2. The number of carbonyl (C=O) groups excluding carboxylic acids is 2. The quantitative estimate of drug-likeness (QED) is 0.367. The maximum absolute atomic E-state index is 12.2. The van der Waals surface area contributed by atoms with E-state index in [-0.39, 0.29) is 25.4 Å². The summed E-state index contributed by atoms with van der Waals surface area (Å²) >= 11 is 4.40. The zero-order chi connectivity index (χ0) is 24.0. The van der Waals surface area contributed by atoms with Gasteiger partial charge in [0, 0.05) is 47.9 Å². The lowest BCUT2D eigenvalue weighted by Gasteiger charge is -2.05. The number of amides is 2. The van der Waals surface area contributed by atoms with E-state index in [9.17, 15) is 9.59 Å². The van der Waals surface area contributed by atoms with Crippen molar-refractivity contribution in [2.45, 2.75) is 21.5 Å². The van der Waals surface area contributed by atoms with Gasteiger partial charge < -0.3 is 29.6 Å². The minimum absolute atomic E-state index is 0.0936. The Kier molecular flexibility index (Phi) is 7.45. The average Bonchev–Trinajstić information content (AvgIpc) is 3.59. The average molecular weight is 533 g/mol. The first-order chi connectivity index (χ1) is 17.1. The van der Waals surface area contributed by atoms with Crippen LogP contribution in [0.5, 0.6) is 23.0 Å². The van der Waals surface area contributed by atoms with Gasteiger partial charge in [0.2, 0.25) is 25.4 Å². The SMILES string of the molecule is O=C(CCSc1nnc(SCCC(=O)Nc2ccc3c(c2)OCO3)s1)Nc1ccc2c(c1)OCO2. The van der Waals surface area contributed by atoms with E-state index in [0.717, 1.165) is 8.68 Å². The third kappa shape index (κ3) is 6.29. The first-order valence-corrected chi connectivity index (χ1v) is 13.4. The van der Waals surface area contributed by atoms with E-state index in [1.54, 1.807) is 36.4 Å². The van der Waals surface area contributed by atoms with Gasteiger partial charge in [-0.05, 0) is 24.3 Å². The molecule has 0 saturated carbocycles. The van der Waals surface area contributed by atoms with Crippen molar-refractivity contribution in [3.8, 4) is 23.0 Å². The molecule has 0 bridgehead atoms. The van der Waals surface area contributed by atoms with Crippen LogP contribution < -0.4 is 29.6 Å². The molecular weight excluding hydrogens is 512 g/mol. The van der Waals surface area contributed by atoms with E-state index in [4.69, 9.17) is 18.9 Å². The molecule has 0 fully saturated rings. The highest BCUT2D eigenvalue weighted by molar-refractivity contribution is 8.03. The van der Waals surface area contributed by atoms with Gasteiger partial charge in [-0.1, -0.05) is 34.9 Å². The second-order valence-electron chi connectivity index (χ2n) is 7.26. The topological polar surface area (TPSA) is 121 Å². The molecule has 0 radical (unpaired) electrons. The van der Waals surface area contributed by atoms with Gasteiger partial charge in [-0.3, -0.25) is 9.59 Å². The molecule has 0 saturated heterocycles. The molecule has 2 aliphatic rings. The van der Waals surface area contributed by atoms with Crippen LogP contribution in [0.2, 0.25) is 0 Å². The van der Waals surface area contributed by atoms with E-state index in [0.29, 0.717) is 58.7 Å². The summed E-state index contributed by atoms with van der Waals surface area (Å²) in [7, 11) is 0. The summed E-state index contributed by atoms with van der Waals surface area (Å²) in [4.78, 5) is 24.4. The number of anilines is 2. The summed E-state index contributed by atoms with van der Waals surface area (Å²) < 4.78 is 22.7. The van der Waals surface area contributed by atoms with Crippen molar-refractivity contribution >= 4 is 58.0 Å². The highest BCUT2D eigenvalue weighted by Crippen LogP contribution is 2.35. The van der Waals surface area contributed by atoms with Crippen LogP contribution in [0.15, 0.2) is 45.1 Å². The largest absolute Gasteiger partial charge is 0.454 e. The highest BCUT2D eigenvalue weighted by Gasteiger charge is 2.16. The Morgan fingerprint density at radius 3 is 1.69 bits per heavy atom. The summed E-state index contributed by atoms with van der Waals surface area (Å²) in [5, 5.41) is 14.0. The van der Waals surface area contributed by atoms with Crippen molar-refractivity contribution in [1.29, 1.82) is 0 Å². The van der Waals surface area contributed by atoms with Gasteiger partial charge in [-0.25, -0.2) is 0 Å². The summed E-state index contributed by atoms with van der Waals surface area (Å²) in [6.45, 7) is 0.389. The van der Waals surface area contributed by atoms with Gasteiger partial charge in [-0.15, -0.1) is 10.2 Å². The number of benzene rings is 2. The molecule has 2 aromatic carbocycles. The molecule has 35 heavy (non-hydrogen) atoms. The van der Waals surface area contributed by atoms with Crippen molar-refractivity contribution in [2.24, 2.45) is 0 Å². The lowest BCUT2D eigenvalue weighted by molar-refractivity contribution is -0.116. The third-order valence-electron chi connectivity index (χ3n) is 4.81. The van der Waals surface area contributed by atoms with Crippen molar-refractivity contribution in [1.82, 2.24) is 10.2 Å². The Hall–Kier alpha value is -3.16. The second-order valence-corrected chi connectivity index (χ2v) is 10.9. The van der Waals surface area contributed by atoms with Crippen molar-refractivity contribution in [2.75, 3.05) is 35.7 Å². The Morgan fingerprint density at radius 2 is 1.20 bits per heavy atom. The molecule has 0 unspecified atom stereocenters. The standard InChI is InChI=1S/C22H20N4O6S3/c27-19(23-13-1-3-15-17(9-13)31-11-29-15)5-7-33-21-25-26-22(35-21)34-8-6-20(28)24-14-2-4-16-18(10-14)32-12-30-16/h1-4,9-10H,5-8,11-12H2,(H,23,27)(H,24,28). The van der Waals surface area contributed by atoms with Gasteiger partial charge in [0.05, 0.1) is 0 Å². The Morgan fingerprint density at radius 1 is 0.743 bits per heavy atom. The molecule has 182 valence electrons. The zero-order valence-corrected chi connectivity index (χ0v) is 20.7. The molecular formula is C22H20N4O6S3. The predicted molar refractivity (Wildman–Crippen MR) is 133 cm³/mol. The minimum atomic E-state index is -0.0936.